The van der Waals surface area contributed by atoms with Gasteiger partial charge in [-0.3, -0.25) is 14.4 Å². The summed E-state index contributed by atoms with van der Waals surface area (Å²) in [5.41, 5.74) is 0.995. The minimum absolute atomic E-state index is 0.0575. The molecule has 0 aromatic heterocycles. The Morgan fingerprint density at radius 1 is 1.00 bits per heavy atom. The zero-order chi connectivity index (χ0) is 18.9. The van der Waals surface area contributed by atoms with Crippen LogP contribution in [0.3, 0.4) is 0 Å². The van der Waals surface area contributed by atoms with Crippen molar-refractivity contribution in [1.29, 1.82) is 0 Å². The summed E-state index contributed by atoms with van der Waals surface area (Å²) in [7, 11) is 0. The molecule has 0 aliphatic carbocycles. The van der Waals surface area contributed by atoms with Crippen molar-refractivity contribution in [3.8, 4) is 0 Å². The fourth-order valence-electron chi connectivity index (χ4n) is 1.96. The first kappa shape index (κ1) is 19.4. The van der Waals surface area contributed by atoms with Gasteiger partial charge in [0.2, 0.25) is 5.91 Å². The summed E-state index contributed by atoms with van der Waals surface area (Å²) in [6, 6.07) is 12.0. The summed E-state index contributed by atoms with van der Waals surface area (Å²) in [5.74, 6) is -2.14. The van der Waals surface area contributed by atoms with Gasteiger partial charge in [0.05, 0.1) is 13.0 Å². The molecule has 0 bridgehead atoms. The fourth-order valence-corrected chi connectivity index (χ4v) is 2.17. The number of carbonyl (C=O) groups is 3. The van der Waals surface area contributed by atoms with Gasteiger partial charge in [0.1, 0.15) is 5.82 Å². The summed E-state index contributed by atoms with van der Waals surface area (Å²) in [5, 5.41) is 5.24. The molecular weight excluding hydrogens is 363 g/mol. The van der Waals surface area contributed by atoms with E-state index in [9.17, 15) is 18.8 Å². The van der Waals surface area contributed by atoms with Crippen LogP contribution in [-0.4, -0.2) is 30.9 Å². The van der Waals surface area contributed by atoms with Gasteiger partial charge in [-0.1, -0.05) is 29.8 Å². The zero-order valence-electron chi connectivity index (χ0n) is 13.6. The van der Waals surface area contributed by atoms with E-state index in [1.807, 2.05) is 0 Å². The molecule has 2 N–H and O–H groups in total. The largest absolute Gasteiger partial charge is 0.455 e. The predicted molar refractivity (Wildman–Crippen MR) is 94.2 cm³/mol. The van der Waals surface area contributed by atoms with Crippen molar-refractivity contribution >= 4 is 35.1 Å². The molecule has 2 aromatic rings. The molecule has 0 heterocycles. The fraction of sp³-hybridized carbons (Fsp3) is 0.167. The van der Waals surface area contributed by atoms with Crippen LogP contribution in [0.2, 0.25) is 5.02 Å². The van der Waals surface area contributed by atoms with E-state index >= 15 is 0 Å². The standard InChI is InChI=1S/C18H16ClFN2O4/c19-15-4-2-1-3-12(15)9-18(25)26-11-17(24)21-10-16(23)22-14-7-5-13(20)6-8-14/h1-8H,9-11H2,(H,21,24)(H,22,23). The van der Waals surface area contributed by atoms with Crippen LogP contribution in [0.25, 0.3) is 0 Å². The Labute approximate surface area is 154 Å². The molecule has 0 aliphatic rings. The smallest absolute Gasteiger partial charge is 0.310 e. The number of amides is 2. The average Bonchev–Trinajstić information content (AvgIpc) is 2.62. The maximum atomic E-state index is 12.8. The topological polar surface area (TPSA) is 84.5 Å². The molecule has 0 aliphatic heterocycles. The molecular formula is C18H16ClFN2O4. The lowest BCUT2D eigenvalue weighted by Crippen LogP contribution is -2.35. The normalized spacial score (nSPS) is 10.1. The maximum absolute atomic E-state index is 12.8. The van der Waals surface area contributed by atoms with Crippen molar-refractivity contribution in [3.63, 3.8) is 0 Å². The number of hydrogen-bond donors (Lipinski definition) is 2. The lowest BCUT2D eigenvalue weighted by atomic mass is 10.1. The molecule has 136 valence electrons. The van der Waals surface area contributed by atoms with E-state index in [1.54, 1.807) is 24.3 Å². The molecule has 2 aromatic carbocycles. The second-order valence-electron chi connectivity index (χ2n) is 5.26. The highest BCUT2D eigenvalue weighted by Gasteiger charge is 2.11. The van der Waals surface area contributed by atoms with Crippen LogP contribution < -0.4 is 10.6 Å². The Hall–Kier alpha value is -2.93. The third kappa shape index (κ3) is 6.52. The van der Waals surface area contributed by atoms with Crippen LogP contribution in [0.4, 0.5) is 10.1 Å². The minimum atomic E-state index is -0.619. The molecule has 0 saturated heterocycles. The predicted octanol–water partition coefficient (Wildman–Crippen LogP) is 2.32. The monoisotopic (exact) mass is 378 g/mol. The van der Waals surface area contributed by atoms with Gasteiger partial charge in [-0.05, 0) is 35.9 Å². The Kier molecular flexibility index (Phi) is 7.11. The lowest BCUT2D eigenvalue weighted by Gasteiger charge is -2.08. The highest BCUT2D eigenvalue weighted by atomic mass is 35.5. The van der Waals surface area contributed by atoms with Crippen molar-refractivity contribution in [2.75, 3.05) is 18.5 Å². The van der Waals surface area contributed by atoms with Crippen LogP contribution in [0, 0.1) is 5.82 Å². The summed E-state index contributed by atoms with van der Waals surface area (Å²) >= 11 is 5.94. The zero-order valence-corrected chi connectivity index (χ0v) is 14.4. The third-order valence-electron chi connectivity index (χ3n) is 3.23. The number of rotatable bonds is 7. The molecule has 2 rings (SSSR count). The highest BCUT2D eigenvalue weighted by molar-refractivity contribution is 6.31. The van der Waals surface area contributed by atoms with Gasteiger partial charge in [-0.2, -0.15) is 0 Å². The van der Waals surface area contributed by atoms with Crippen molar-refractivity contribution < 1.29 is 23.5 Å². The highest BCUT2D eigenvalue weighted by Crippen LogP contribution is 2.15. The van der Waals surface area contributed by atoms with Crippen LogP contribution in [0.5, 0.6) is 0 Å². The Morgan fingerprint density at radius 2 is 1.69 bits per heavy atom. The van der Waals surface area contributed by atoms with Gasteiger partial charge in [0, 0.05) is 10.7 Å². The number of hydrogen-bond acceptors (Lipinski definition) is 4. The second-order valence-corrected chi connectivity index (χ2v) is 5.67. The molecule has 8 heteroatoms. The molecule has 6 nitrogen and oxygen atoms in total. The first-order valence-corrected chi connectivity index (χ1v) is 8.03. The van der Waals surface area contributed by atoms with Gasteiger partial charge in [0.15, 0.2) is 6.61 Å². The Morgan fingerprint density at radius 3 is 2.38 bits per heavy atom. The average molecular weight is 379 g/mol. The van der Waals surface area contributed by atoms with E-state index < -0.39 is 30.2 Å². The maximum Gasteiger partial charge on any atom is 0.310 e. The first-order chi connectivity index (χ1) is 12.4. The van der Waals surface area contributed by atoms with Gasteiger partial charge >= 0.3 is 5.97 Å². The van der Waals surface area contributed by atoms with Gasteiger partial charge in [0.25, 0.3) is 5.91 Å². The van der Waals surface area contributed by atoms with Crippen LogP contribution >= 0.6 is 11.6 Å². The van der Waals surface area contributed by atoms with E-state index in [4.69, 9.17) is 16.3 Å². The van der Waals surface area contributed by atoms with E-state index in [0.29, 0.717) is 16.3 Å². The number of nitrogens with one attached hydrogen (secondary N) is 2. The van der Waals surface area contributed by atoms with E-state index in [-0.39, 0.29) is 13.0 Å². The molecule has 0 fully saturated rings. The van der Waals surface area contributed by atoms with Gasteiger partial charge in [-0.15, -0.1) is 0 Å². The number of carbonyl (C=O) groups excluding carboxylic acids is 3. The SMILES string of the molecule is O=C(COC(=O)Cc1ccccc1Cl)NCC(=O)Nc1ccc(F)cc1. The van der Waals surface area contributed by atoms with Gasteiger partial charge < -0.3 is 15.4 Å². The number of halogens is 2. The Bertz CT molecular complexity index is 796. The minimum Gasteiger partial charge on any atom is -0.455 e. The van der Waals surface area contributed by atoms with Crippen LogP contribution in [-0.2, 0) is 25.5 Å². The quantitative estimate of drug-likeness (QED) is 0.724. The summed E-state index contributed by atoms with van der Waals surface area (Å²) in [4.78, 5) is 35.0. The third-order valence-corrected chi connectivity index (χ3v) is 3.60. The Balaban J connectivity index is 1.68. The summed E-state index contributed by atoms with van der Waals surface area (Å²) < 4.78 is 17.6. The van der Waals surface area contributed by atoms with Crippen LogP contribution in [0.1, 0.15) is 5.56 Å². The molecule has 0 unspecified atom stereocenters. The molecule has 2 amide bonds. The lowest BCUT2D eigenvalue weighted by molar-refractivity contribution is -0.147. The van der Waals surface area contributed by atoms with E-state index in [1.165, 1.54) is 24.3 Å². The summed E-state index contributed by atoms with van der Waals surface area (Å²) in [6.07, 6.45) is -0.0575. The number of esters is 1. The van der Waals surface area contributed by atoms with Crippen molar-refractivity contribution in [1.82, 2.24) is 5.32 Å². The second kappa shape index (κ2) is 9.53. The van der Waals surface area contributed by atoms with Crippen molar-refractivity contribution in [2.45, 2.75) is 6.42 Å². The van der Waals surface area contributed by atoms with Crippen molar-refractivity contribution in [3.05, 3.63) is 64.9 Å². The number of ether oxygens (including phenoxy) is 1. The molecule has 0 spiro atoms. The molecule has 0 radical (unpaired) electrons. The van der Waals surface area contributed by atoms with Crippen LogP contribution in [0.15, 0.2) is 48.5 Å². The van der Waals surface area contributed by atoms with Crippen molar-refractivity contribution in [2.24, 2.45) is 0 Å². The van der Waals surface area contributed by atoms with E-state index in [2.05, 4.69) is 10.6 Å². The number of benzene rings is 2. The molecule has 26 heavy (non-hydrogen) atoms. The summed E-state index contributed by atoms with van der Waals surface area (Å²) in [6.45, 7) is -0.814. The number of anilines is 1. The first-order valence-electron chi connectivity index (χ1n) is 7.65. The molecule has 0 saturated carbocycles. The van der Waals surface area contributed by atoms with E-state index in [0.717, 1.165) is 0 Å². The van der Waals surface area contributed by atoms with Gasteiger partial charge in [-0.25, -0.2) is 4.39 Å². The molecule has 0 atom stereocenters.